The zero-order chi connectivity index (χ0) is 13.8. The Morgan fingerprint density at radius 2 is 2.05 bits per heavy atom. The van der Waals surface area contributed by atoms with Crippen LogP contribution in [0.3, 0.4) is 0 Å². The van der Waals surface area contributed by atoms with E-state index in [1.807, 2.05) is 0 Å². The molecule has 5 heteroatoms. The Balaban J connectivity index is 2.25. The van der Waals surface area contributed by atoms with E-state index in [1.54, 1.807) is 24.6 Å². The number of rotatable bonds is 3. The van der Waals surface area contributed by atoms with Crippen molar-refractivity contribution >= 4 is 17.2 Å². The zero-order valence-electron chi connectivity index (χ0n) is 10.2. The van der Waals surface area contributed by atoms with E-state index in [2.05, 4.69) is 6.07 Å². The average Bonchev–Trinajstić information content (AvgIpc) is 2.94. The van der Waals surface area contributed by atoms with Gasteiger partial charge in [-0.25, -0.2) is 4.39 Å². The summed E-state index contributed by atoms with van der Waals surface area (Å²) in [6.45, 7) is 0. The van der Waals surface area contributed by atoms with Crippen LogP contribution in [0.25, 0.3) is 0 Å². The number of thiophene rings is 1. The second-order valence-corrected chi connectivity index (χ2v) is 4.92. The van der Waals surface area contributed by atoms with E-state index in [9.17, 15) is 14.4 Å². The third kappa shape index (κ3) is 2.80. The summed E-state index contributed by atoms with van der Waals surface area (Å²) in [5, 5.41) is 11.0. The first kappa shape index (κ1) is 13.2. The van der Waals surface area contributed by atoms with Crippen molar-refractivity contribution in [2.45, 2.75) is 6.04 Å². The first-order valence-electron chi connectivity index (χ1n) is 5.59. The fourth-order valence-electron chi connectivity index (χ4n) is 1.72. The van der Waals surface area contributed by atoms with Crippen molar-refractivity contribution in [2.24, 2.45) is 0 Å². The highest BCUT2D eigenvalue weighted by molar-refractivity contribution is 7.12. The Hall–Kier alpha value is -2.19. The fourth-order valence-corrected chi connectivity index (χ4v) is 2.43. The van der Waals surface area contributed by atoms with Crippen molar-refractivity contribution in [1.29, 1.82) is 5.26 Å². The summed E-state index contributed by atoms with van der Waals surface area (Å²) in [4.78, 5) is 14.1. The molecule has 0 spiro atoms. The molecule has 0 fully saturated rings. The molecule has 0 aliphatic heterocycles. The maximum absolute atomic E-state index is 12.9. The van der Waals surface area contributed by atoms with Gasteiger partial charge in [-0.2, -0.15) is 5.26 Å². The normalized spacial score (nSPS) is 11.6. The molecule has 2 rings (SSSR count). The summed E-state index contributed by atoms with van der Waals surface area (Å²) in [5.74, 6) is -0.585. The Bertz CT molecular complexity index is 601. The minimum absolute atomic E-state index is 0.217. The molecule has 0 N–H and O–H groups in total. The topological polar surface area (TPSA) is 44.1 Å². The lowest BCUT2D eigenvalue weighted by atomic mass is 10.1. The quantitative estimate of drug-likeness (QED) is 0.862. The largest absolute Gasteiger partial charge is 0.321 e. The zero-order valence-corrected chi connectivity index (χ0v) is 11.0. The second kappa shape index (κ2) is 5.63. The van der Waals surface area contributed by atoms with Gasteiger partial charge in [0.05, 0.1) is 10.9 Å². The van der Waals surface area contributed by atoms with Gasteiger partial charge in [0.15, 0.2) is 0 Å². The number of carbonyl (C=O) groups is 1. The number of hydrogen-bond acceptors (Lipinski definition) is 3. The van der Waals surface area contributed by atoms with Gasteiger partial charge >= 0.3 is 0 Å². The van der Waals surface area contributed by atoms with Gasteiger partial charge in [-0.1, -0.05) is 18.2 Å². The van der Waals surface area contributed by atoms with Gasteiger partial charge in [0.1, 0.15) is 11.9 Å². The minimum atomic E-state index is -0.727. The molecule has 1 aromatic carbocycles. The van der Waals surface area contributed by atoms with Crippen molar-refractivity contribution in [3.05, 3.63) is 58.0 Å². The predicted octanol–water partition coefficient (Wildman–Crippen LogP) is 3.22. The summed E-state index contributed by atoms with van der Waals surface area (Å²) in [7, 11) is 1.57. The number of carbonyl (C=O) groups excluding carboxylic acids is 1. The summed E-state index contributed by atoms with van der Waals surface area (Å²) in [6.07, 6.45) is 0. The van der Waals surface area contributed by atoms with Gasteiger partial charge in [0.2, 0.25) is 0 Å². The highest BCUT2D eigenvalue weighted by Gasteiger charge is 2.22. The van der Waals surface area contributed by atoms with E-state index in [4.69, 9.17) is 0 Å². The van der Waals surface area contributed by atoms with Crippen LogP contribution in [0.4, 0.5) is 4.39 Å². The van der Waals surface area contributed by atoms with Gasteiger partial charge in [0.25, 0.3) is 5.91 Å². The summed E-state index contributed by atoms with van der Waals surface area (Å²) in [6, 6.07) is 10.4. The molecule has 0 saturated heterocycles. The molecule has 1 unspecified atom stereocenters. The van der Waals surface area contributed by atoms with E-state index < -0.39 is 6.04 Å². The van der Waals surface area contributed by atoms with Crippen LogP contribution < -0.4 is 0 Å². The summed E-state index contributed by atoms with van der Waals surface area (Å²) >= 11 is 1.32. The van der Waals surface area contributed by atoms with Gasteiger partial charge in [0, 0.05) is 7.05 Å². The molecule has 3 nitrogen and oxygen atoms in total. The molecule has 1 amide bonds. The van der Waals surface area contributed by atoms with E-state index in [0.717, 1.165) is 0 Å². The van der Waals surface area contributed by atoms with Crippen molar-refractivity contribution in [1.82, 2.24) is 4.90 Å². The smallest absolute Gasteiger partial charge is 0.264 e. The Labute approximate surface area is 114 Å². The molecule has 2 aromatic rings. The molecule has 0 bridgehead atoms. The standard InChI is InChI=1S/C14H11FN2OS/c1-17(14(18)13-3-2-8-19-13)12(9-16)10-4-6-11(15)7-5-10/h2-8,12H,1H3. The predicted molar refractivity (Wildman–Crippen MR) is 71.2 cm³/mol. The molecule has 19 heavy (non-hydrogen) atoms. The van der Waals surface area contributed by atoms with Crippen molar-refractivity contribution in [3.63, 3.8) is 0 Å². The van der Waals surface area contributed by atoms with Crippen LogP contribution in [0, 0.1) is 17.1 Å². The SMILES string of the molecule is CN(C(=O)c1cccs1)C(C#N)c1ccc(F)cc1. The molecule has 1 heterocycles. The van der Waals surface area contributed by atoms with E-state index in [1.165, 1.54) is 40.5 Å². The first-order valence-corrected chi connectivity index (χ1v) is 6.47. The third-order valence-corrected chi connectivity index (χ3v) is 3.61. The number of nitriles is 1. The number of hydrogen-bond donors (Lipinski definition) is 0. The molecular weight excluding hydrogens is 263 g/mol. The van der Waals surface area contributed by atoms with E-state index in [-0.39, 0.29) is 11.7 Å². The van der Waals surface area contributed by atoms with Crippen LogP contribution in [0.1, 0.15) is 21.3 Å². The van der Waals surface area contributed by atoms with Gasteiger partial charge in [-0.3, -0.25) is 4.79 Å². The van der Waals surface area contributed by atoms with Crippen molar-refractivity contribution < 1.29 is 9.18 Å². The minimum Gasteiger partial charge on any atom is -0.321 e. The van der Waals surface area contributed by atoms with Crippen LogP contribution in [0.2, 0.25) is 0 Å². The molecule has 1 atom stereocenters. The highest BCUT2D eigenvalue weighted by Crippen LogP contribution is 2.22. The van der Waals surface area contributed by atoms with Crippen molar-refractivity contribution in [2.75, 3.05) is 7.05 Å². The summed E-state index contributed by atoms with van der Waals surface area (Å²) < 4.78 is 12.9. The molecule has 0 radical (unpaired) electrons. The lowest BCUT2D eigenvalue weighted by Gasteiger charge is -2.22. The average molecular weight is 274 g/mol. The molecular formula is C14H11FN2OS. The molecule has 0 aliphatic carbocycles. The number of halogens is 1. The number of amides is 1. The Morgan fingerprint density at radius 1 is 1.37 bits per heavy atom. The third-order valence-electron chi connectivity index (χ3n) is 2.75. The molecule has 0 saturated carbocycles. The summed E-state index contributed by atoms with van der Waals surface area (Å²) in [5.41, 5.74) is 0.594. The Morgan fingerprint density at radius 3 is 2.58 bits per heavy atom. The number of benzene rings is 1. The first-order chi connectivity index (χ1) is 9.13. The highest BCUT2D eigenvalue weighted by atomic mass is 32.1. The van der Waals surface area contributed by atoms with E-state index in [0.29, 0.717) is 10.4 Å². The van der Waals surface area contributed by atoms with Crippen LogP contribution in [-0.4, -0.2) is 17.9 Å². The monoisotopic (exact) mass is 274 g/mol. The van der Waals surface area contributed by atoms with Gasteiger partial charge < -0.3 is 4.90 Å². The van der Waals surface area contributed by atoms with Crippen LogP contribution in [0.5, 0.6) is 0 Å². The lowest BCUT2D eigenvalue weighted by Crippen LogP contribution is -2.29. The molecule has 0 aliphatic rings. The molecule has 96 valence electrons. The van der Waals surface area contributed by atoms with Crippen LogP contribution in [-0.2, 0) is 0 Å². The van der Waals surface area contributed by atoms with Crippen LogP contribution in [0.15, 0.2) is 41.8 Å². The van der Waals surface area contributed by atoms with Gasteiger partial charge in [-0.15, -0.1) is 11.3 Å². The Kier molecular flexibility index (Phi) is 3.93. The maximum atomic E-state index is 12.9. The van der Waals surface area contributed by atoms with Crippen molar-refractivity contribution in [3.8, 4) is 6.07 Å². The lowest BCUT2D eigenvalue weighted by molar-refractivity contribution is 0.0768. The number of nitrogens with zero attached hydrogens (tertiary/aromatic N) is 2. The fraction of sp³-hybridized carbons (Fsp3) is 0.143. The maximum Gasteiger partial charge on any atom is 0.264 e. The molecule has 1 aromatic heterocycles. The second-order valence-electron chi connectivity index (χ2n) is 3.98. The van der Waals surface area contributed by atoms with Gasteiger partial charge in [-0.05, 0) is 29.1 Å². The van der Waals surface area contributed by atoms with E-state index >= 15 is 0 Å². The van der Waals surface area contributed by atoms with Crippen LogP contribution >= 0.6 is 11.3 Å².